The van der Waals surface area contributed by atoms with Crippen molar-refractivity contribution in [1.29, 1.82) is 0 Å². The first-order valence-corrected chi connectivity index (χ1v) is 6.66. The number of hydrogen-bond acceptors (Lipinski definition) is 4. The molecule has 0 spiro atoms. The molecule has 1 atom stereocenters. The number of nitrogens with zero attached hydrogens (tertiary/aromatic N) is 2. The molecule has 0 aliphatic carbocycles. The van der Waals surface area contributed by atoms with Gasteiger partial charge in [-0.15, -0.1) is 0 Å². The van der Waals surface area contributed by atoms with E-state index in [1.54, 1.807) is 6.20 Å². The molecule has 0 saturated carbocycles. The fourth-order valence-corrected chi connectivity index (χ4v) is 2.27. The van der Waals surface area contributed by atoms with Gasteiger partial charge >= 0.3 is 0 Å². The van der Waals surface area contributed by atoms with Crippen LogP contribution in [0.15, 0.2) is 18.3 Å². The summed E-state index contributed by atoms with van der Waals surface area (Å²) in [5.41, 5.74) is 6.29. The van der Waals surface area contributed by atoms with Gasteiger partial charge in [-0.25, -0.2) is 4.98 Å². The number of nitrogens with two attached hydrogens (primary N) is 1. The number of likely N-dealkylation sites (N-methyl/N-ethyl adjacent to an activating group) is 1. The van der Waals surface area contributed by atoms with Crippen LogP contribution in [0, 0.1) is 0 Å². The van der Waals surface area contributed by atoms with Crippen LogP contribution in [-0.4, -0.2) is 41.1 Å². The molecule has 0 aromatic carbocycles. The molecule has 2 rings (SSSR count). The van der Waals surface area contributed by atoms with Crippen molar-refractivity contribution in [1.82, 2.24) is 9.88 Å². The van der Waals surface area contributed by atoms with Gasteiger partial charge in [-0.2, -0.15) is 0 Å². The second kappa shape index (κ2) is 6.11. The standard InChI is InChI=1S/C13H19N3OS/c1-16-7-3-2-4-11(16)9-17-12-6-5-10(8-15-12)13(14)18/h5-6,8,11H,2-4,7,9H2,1H3,(H2,14,18). The number of hydrogen-bond donors (Lipinski definition) is 1. The minimum Gasteiger partial charge on any atom is -0.476 e. The lowest BCUT2D eigenvalue weighted by molar-refractivity contribution is 0.122. The first-order valence-electron chi connectivity index (χ1n) is 6.25. The van der Waals surface area contributed by atoms with Gasteiger partial charge in [-0.3, -0.25) is 0 Å². The summed E-state index contributed by atoms with van der Waals surface area (Å²) in [5, 5.41) is 0. The van der Waals surface area contributed by atoms with Crippen LogP contribution in [0.1, 0.15) is 24.8 Å². The van der Waals surface area contributed by atoms with E-state index in [0.717, 1.165) is 12.1 Å². The molecule has 1 fully saturated rings. The summed E-state index contributed by atoms with van der Waals surface area (Å²) in [6.45, 7) is 1.84. The molecule has 98 valence electrons. The molecule has 5 heteroatoms. The lowest BCUT2D eigenvalue weighted by atomic mass is 10.0. The van der Waals surface area contributed by atoms with Gasteiger partial charge in [0, 0.05) is 23.9 Å². The third kappa shape index (κ3) is 3.40. The summed E-state index contributed by atoms with van der Waals surface area (Å²) in [6, 6.07) is 4.16. The predicted molar refractivity (Wildman–Crippen MR) is 75.9 cm³/mol. The molecule has 1 saturated heterocycles. The second-order valence-corrected chi connectivity index (χ2v) is 5.13. The Morgan fingerprint density at radius 1 is 1.56 bits per heavy atom. The van der Waals surface area contributed by atoms with Gasteiger partial charge in [0.15, 0.2) is 0 Å². The predicted octanol–water partition coefficient (Wildman–Crippen LogP) is 1.58. The molecule has 1 aliphatic heterocycles. The van der Waals surface area contributed by atoms with E-state index < -0.39 is 0 Å². The Morgan fingerprint density at radius 2 is 2.39 bits per heavy atom. The molecule has 0 amide bonds. The number of aromatic nitrogens is 1. The highest BCUT2D eigenvalue weighted by atomic mass is 32.1. The minimum absolute atomic E-state index is 0.362. The maximum atomic E-state index is 5.71. The summed E-state index contributed by atoms with van der Waals surface area (Å²) in [7, 11) is 2.15. The molecule has 2 heterocycles. The zero-order valence-corrected chi connectivity index (χ0v) is 11.4. The molecule has 1 aromatic rings. The first-order chi connectivity index (χ1) is 8.66. The Morgan fingerprint density at radius 3 is 3.00 bits per heavy atom. The van der Waals surface area contributed by atoms with Gasteiger partial charge < -0.3 is 15.4 Å². The Hall–Kier alpha value is -1.20. The van der Waals surface area contributed by atoms with E-state index in [0.29, 0.717) is 23.5 Å². The Bertz CT molecular complexity index is 407. The van der Waals surface area contributed by atoms with Crippen molar-refractivity contribution in [3.8, 4) is 5.88 Å². The molecule has 1 aliphatic rings. The van der Waals surface area contributed by atoms with Crippen LogP contribution in [0.4, 0.5) is 0 Å². The fraction of sp³-hybridized carbons (Fsp3) is 0.538. The molecule has 2 N–H and O–H groups in total. The van der Waals surface area contributed by atoms with Crippen molar-refractivity contribution in [2.45, 2.75) is 25.3 Å². The SMILES string of the molecule is CN1CCCCC1COc1ccc(C(N)=S)cn1. The van der Waals surface area contributed by atoms with Gasteiger partial charge in [-0.05, 0) is 32.5 Å². The normalized spacial score (nSPS) is 20.6. The smallest absolute Gasteiger partial charge is 0.213 e. The van der Waals surface area contributed by atoms with Crippen molar-refractivity contribution in [3.63, 3.8) is 0 Å². The molecule has 1 aromatic heterocycles. The van der Waals surface area contributed by atoms with Gasteiger partial charge in [0.25, 0.3) is 0 Å². The lowest BCUT2D eigenvalue weighted by Gasteiger charge is -2.31. The van der Waals surface area contributed by atoms with Gasteiger partial charge in [0.1, 0.15) is 11.6 Å². The van der Waals surface area contributed by atoms with Gasteiger partial charge in [0.2, 0.25) is 5.88 Å². The molecule has 18 heavy (non-hydrogen) atoms. The molecule has 1 unspecified atom stereocenters. The van der Waals surface area contributed by atoms with Crippen LogP contribution in [0.3, 0.4) is 0 Å². The highest BCUT2D eigenvalue weighted by Gasteiger charge is 2.19. The van der Waals surface area contributed by atoms with Gasteiger partial charge in [0.05, 0.1) is 0 Å². The average Bonchev–Trinajstić information content (AvgIpc) is 2.38. The maximum absolute atomic E-state index is 5.71. The average molecular weight is 265 g/mol. The first kappa shape index (κ1) is 13.2. The zero-order valence-electron chi connectivity index (χ0n) is 10.6. The fourth-order valence-electron chi connectivity index (χ4n) is 2.15. The molecular formula is C13H19N3OS. The van der Waals surface area contributed by atoms with Crippen LogP contribution in [0.2, 0.25) is 0 Å². The van der Waals surface area contributed by atoms with Crippen LogP contribution in [0.5, 0.6) is 5.88 Å². The van der Waals surface area contributed by atoms with Crippen molar-refractivity contribution >= 4 is 17.2 Å². The van der Waals surface area contributed by atoms with Crippen molar-refractivity contribution in [3.05, 3.63) is 23.9 Å². The number of rotatable bonds is 4. The highest BCUT2D eigenvalue weighted by molar-refractivity contribution is 7.80. The maximum Gasteiger partial charge on any atom is 0.213 e. The summed E-state index contributed by atoms with van der Waals surface area (Å²) in [6.07, 6.45) is 5.42. The van der Waals surface area contributed by atoms with Crippen molar-refractivity contribution in [2.24, 2.45) is 5.73 Å². The number of ether oxygens (including phenoxy) is 1. The van der Waals surface area contributed by atoms with E-state index in [9.17, 15) is 0 Å². The van der Waals surface area contributed by atoms with Crippen LogP contribution < -0.4 is 10.5 Å². The Balaban J connectivity index is 1.87. The zero-order chi connectivity index (χ0) is 13.0. The third-order valence-electron chi connectivity index (χ3n) is 3.37. The van der Waals surface area contributed by atoms with E-state index >= 15 is 0 Å². The second-order valence-electron chi connectivity index (χ2n) is 4.69. The summed E-state index contributed by atoms with van der Waals surface area (Å²) < 4.78 is 5.71. The number of likely N-dealkylation sites (tertiary alicyclic amines) is 1. The molecular weight excluding hydrogens is 246 g/mol. The lowest BCUT2D eigenvalue weighted by Crippen LogP contribution is -2.40. The van der Waals surface area contributed by atoms with Gasteiger partial charge in [-0.1, -0.05) is 18.6 Å². The third-order valence-corrected chi connectivity index (χ3v) is 3.60. The highest BCUT2D eigenvalue weighted by Crippen LogP contribution is 2.16. The molecule has 4 nitrogen and oxygen atoms in total. The largest absolute Gasteiger partial charge is 0.476 e. The van der Waals surface area contributed by atoms with E-state index in [-0.39, 0.29) is 0 Å². The van der Waals surface area contributed by atoms with Crippen molar-refractivity contribution < 1.29 is 4.74 Å². The van der Waals surface area contributed by atoms with E-state index in [4.69, 9.17) is 22.7 Å². The number of thiocarbonyl (C=S) groups is 1. The monoisotopic (exact) mass is 265 g/mol. The Kier molecular flexibility index (Phi) is 4.49. The summed E-state index contributed by atoms with van der Waals surface area (Å²) >= 11 is 4.88. The van der Waals surface area contributed by atoms with E-state index in [2.05, 4.69) is 16.9 Å². The number of piperidine rings is 1. The molecule has 0 radical (unpaired) electrons. The Labute approximate surface area is 113 Å². The molecule has 0 bridgehead atoms. The van der Waals surface area contributed by atoms with Crippen LogP contribution >= 0.6 is 12.2 Å². The topological polar surface area (TPSA) is 51.4 Å². The van der Waals surface area contributed by atoms with Crippen LogP contribution in [-0.2, 0) is 0 Å². The minimum atomic E-state index is 0.362. The number of pyridine rings is 1. The van der Waals surface area contributed by atoms with E-state index in [1.807, 2.05) is 12.1 Å². The summed E-state index contributed by atoms with van der Waals surface area (Å²) in [4.78, 5) is 6.92. The van der Waals surface area contributed by atoms with Crippen molar-refractivity contribution in [2.75, 3.05) is 20.2 Å². The van der Waals surface area contributed by atoms with Crippen LogP contribution in [0.25, 0.3) is 0 Å². The quantitative estimate of drug-likeness (QED) is 0.838. The summed E-state index contributed by atoms with van der Waals surface area (Å²) in [5.74, 6) is 0.633. The van der Waals surface area contributed by atoms with E-state index in [1.165, 1.54) is 19.3 Å².